The van der Waals surface area contributed by atoms with Gasteiger partial charge in [0.25, 0.3) is 0 Å². The van der Waals surface area contributed by atoms with E-state index in [1.807, 2.05) is 29.1 Å². The van der Waals surface area contributed by atoms with Crippen molar-refractivity contribution in [1.82, 2.24) is 14.5 Å². The van der Waals surface area contributed by atoms with Crippen LogP contribution in [0.25, 0.3) is 5.82 Å². The highest BCUT2D eigenvalue weighted by Gasteiger charge is 1.96. The van der Waals surface area contributed by atoms with Crippen LogP contribution in [0.15, 0.2) is 37.1 Å². The molecule has 0 spiro atoms. The number of pyridine rings is 1. The van der Waals surface area contributed by atoms with Gasteiger partial charge < -0.3 is 5.32 Å². The Morgan fingerprint density at radius 3 is 2.93 bits per heavy atom. The first kappa shape index (κ1) is 9.71. The molecule has 4 heteroatoms. The molecular weight excluding hydrogens is 188 g/mol. The summed E-state index contributed by atoms with van der Waals surface area (Å²) in [4.78, 5) is 8.31. The van der Waals surface area contributed by atoms with Gasteiger partial charge in [0, 0.05) is 18.9 Å². The van der Waals surface area contributed by atoms with Gasteiger partial charge in [0.1, 0.15) is 12.1 Å². The molecular formula is C11H14N4. The summed E-state index contributed by atoms with van der Waals surface area (Å²) in [5.41, 5.74) is 1.06. The molecule has 0 aliphatic heterocycles. The zero-order chi connectivity index (χ0) is 10.5. The minimum absolute atomic E-state index is 0.884. The summed E-state index contributed by atoms with van der Waals surface area (Å²) in [5, 5.41) is 3.28. The number of rotatable bonds is 4. The molecule has 0 bridgehead atoms. The van der Waals surface area contributed by atoms with Gasteiger partial charge in [0.2, 0.25) is 0 Å². The molecule has 2 aromatic rings. The van der Waals surface area contributed by atoms with Crippen molar-refractivity contribution in [2.24, 2.45) is 0 Å². The number of anilines is 1. The lowest BCUT2D eigenvalue weighted by molar-refractivity contribution is 0.966. The second-order valence-electron chi connectivity index (χ2n) is 3.30. The maximum atomic E-state index is 4.33. The summed E-state index contributed by atoms with van der Waals surface area (Å²) in [5.74, 6) is 0.884. The number of nitrogens with zero attached hydrogens (tertiary/aromatic N) is 3. The highest BCUT2D eigenvalue weighted by molar-refractivity contribution is 5.43. The summed E-state index contributed by atoms with van der Waals surface area (Å²) >= 11 is 0. The van der Waals surface area contributed by atoms with Gasteiger partial charge >= 0.3 is 0 Å². The second-order valence-corrected chi connectivity index (χ2v) is 3.30. The zero-order valence-corrected chi connectivity index (χ0v) is 8.72. The Hall–Kier alpha value is -1.84. The normalized spacial score (nSPS) is 10.2. The summed E-state index contributed by atoms with van der Waals surface area (Å²) in [6.07, 6.45) is 8.31. The number of hydrogen-bond acceptors (Lipinski definition) is 3. The SMILES string of the molecule is CCCNc1ccc(-n2ccnc2)nc1. The number of imidazole rings is 1. The van der Waals surface area contributed by atoms with Gasteiger partial charge in [-0.15, -0.1) is 0 Å². The van der Waals surface area contributed by atoms with Crippen LogP contribution in [0.2, 0.25) is 0 Å². The van der Waals surface area contributed by atoms with E-state index in [0.29, 0.717) is 0 Å². The molecule has 0 atom stereocenters. The highest BCUT2D eigenvalue weighted by atomic mass is 15.1. The van der Waals surface area contributed by atoms with E-state index in [1.165, 1.54) is 0 Å². The third-order valence-electron chi connectivity index (χ3n) is 2.10. The molecule has 0 fully saturated rings. The van der Waals surface area contributed by atoms with Crippen molar-refractivity contribution in [2.45, 2.75) is 13.3 Å². The molecule has 4 nitrogen and oxygen atoms in total. The van der Waals surface area contributed by atoms with Crippen LogP contribution in [0.1, 0.15) is 13.3 Å². The van der Waals surface area contributed by atoms with Crippen molar-refractivity contribution < 1.29 is 0 Å². The van der Waals surface area contributed by atoms with Crippen molar-refractivity contribution in [3.63, 3.8) is 0 Å². The van der Waals surface area contributed by atoms with Crippen LogP contribution in [0.5, 0.6) is 0 Å². The summed E-state index contributed by atoms with van der Waals surface area (Å²) < 4.78 is 1.88. The first-order valence-electron chi connectivity index (χ1n) is 5.08. The average Bonchev–Trinajstić information content (AvgIpc) is 2.80. The molecule has 0 radical (unpaired) electrons. The number of nitrogens with one attached hydrogen (secondary N) is 1. The molecule has 2 aromatic heterocycles. The molecule has 0 aliphatic rings. The predicted octanol–water partition coefficient (Wildman–Crippen LogP) is 2.09. The lowest BCUT2D eigenvalue weighted by Crippen LogP contribution is -2.01. The maximum absolute atomic E-state index is 4.33. The van der Waals surface area contributed by atoms with Crippen molar-refractivity contribution in [1.29, 1.82) is 0 Å². The number of hydrogen-bond donors (Lipinski definition) is 1. The Balaban J connectivity index is 2.11. The quantitative estimate of drug-likeness (QED) is 0.825. The lowest BCUT2D eigenvalue weighted by Gasteiger charge is -2.05. The summed E-state index contributed by atoms with van der Waals surface area (Å²) in [6, 6.07) is 4.00. The van der Waals surface area contributed by atoms with E-state index in [1.54, 1.807) is 12.5 Å². The van der Waals surface area contributed by atoms with E-state index >= 15 is 0 Å². The van der Waals surface area contributed by atoms with Gasteiger partial charge in [-0.25, -0.2) is 9.97 Å². The summed E-state index contributed by atoms with van der Waals surface area (Å²) in [6.45, 7) is 3.12. The Morgan fingerprint density at radius 1 is 1.40 bits per heavy atom. The first-order valence-corrected chi connectivity index (χ1v) is 5.08. The standard InChI is InChI=1S/C11H14N4/c1-2-5-13-10-3-4-11(14-8-10)15-7-6-12-9-15/h3-4,6-9,13H,2,5H2,1H3. The first-order chi connectivity index (χ1) is 7.40. The monoisotopic (exact) mass is 202 g/mol. The van der Waals surface area contributed by atoms with E-state index in [0.717, 1.165) is 24.5 Å². The lowest BCUT2D eigenvalue weighted by atomic mass is 10.4. The van der Waals surface area contributed by atoms with E-state index < -0.39 is 0 Å². The molecule has 0 aromatic carbocycles. The maximum Gasteiger partial charge on any atom is 0.137 e. The van der Waals surface area contributed by atoms with Gasteiger partial charge in [-0.05, 0) is 18.6 Å². The third-order valence-corrected chi connectivity index (χ3v) is 2.10. The third kappa shape index (κ3) is 2.34. The van der Waals surface area contributed by atoms with Gasteiger partial charge in [0.05, 0.1) is 11.9 Å². The van der Waals surface area contributed by atoms with Crippen LogP contribution in [-0.4, -0.2) is 21.1 Å². The van der Waals surface area contributed by atoms with E-state index in [2.05, 4.69) is 22.2 Å². The molecule has 0 saturated carbocycles. The second kappa shape index (κ2) is 4.59. The molecule has 0 aliphatic carbocycles. The molecule has 0 saturated heterocycles. The van der Waals surface area contributed by atoms with Gasteiger partial charge in [-0.3, -0.25) is 4.57 Å². The Kier molecular flexibility index (Phi) is 2.97. The molecule has 15 heavy (non-hydrogen) atoms. The fourth-order valence-electron chi connectivity index (χ4n) is 1.31. The smallest absolute Gasteiger partial charge is 0.137 e. The van der Waals surface area contributed by atoms with Crippen molar-refractivity contribution in [3.05, 3.63) is 37.1 Å². The van der Waals surface area contributed by atoms with Crippen molar-refractivity contribution in [3.8, 4) is 5.82 Å². The highest BCUT2D eigenvalue weighted by Crippen LogP contribution is 2.09. The molecule has 1 N–H and O–H groups in total. The van der Waals surface area contributed by atoms with Crippen molar-refractivity contribution in [2.75, 3.05) is 11.9 Å². The van der Waals surface area contributed by atoms with Crippen LogP contribution in [0, 0.1) is 0 Å². The Morgan fingerprint density at radius 2 is 2.33 bits per heavy atom. The van der Waals surface area contributed by atoms with Gasteiger partial charge in [-0.2, -0.15) is 0 Å². The fourth-order valence-corrected chi connectivity index (χ4v) is 1.31. The number of aromatic nitrogens is 3. The van der Waals surface area contributed by atoms with E-state index in [4.69, 9.17) is 0 Å². The molecule has 2 rings (SSSR count). The molecule has 0 unspecified atom stereocenters. The van der Waals surface area contributed by atoms with Gasteiger partial charge in [-0.1, -0.05) is 6.92 Å². The van der Waals surface area contributed by atoms with Crippen molar-refractivity contribution >= 4 is 5.69 Å². The minimum atomic E-state index is 0.884. The Labute approximate surface area is 89.0 Å². The van der Waals surface area contributed by atoms with Crippen LogP contribution in [-0.2, 0) is 0 Å². The predicted molar refractivity (Wildman–Crippen MR) is 60.1 cm³/mol. The van der Waals surface area contributed by atoms with Crippen LogP contribution in [0.3, 0.4) is 0 Å². The average molecular weight is 202 g/mol. The Bertz CT molecular complexity index is 391. The van der Waals surface area contributed by atoms with E-state index in [9.17, 15) is 0 Å². The van der Waals surface area contributed by atoms with Gasteiger partial charge in [0.15, 0.2) is 0 Å². The van der Waals surface area contributed by atoms with Crippen LogP contribution in [0.4, 0.5) is 5.69 Å². The fraction of sp³-hybridized carbons (Fsp3) is 0.273. The van der Waals surface area contributed by atoms with E-state index in [-0.39, 0.29) is 0 Å². The summed E-state index contributed by atoms with van der Waals surface area (Å²) in [7, 11) is 0. The minimum Gasteiger partial charge on any atom is -0.384 e. The van der Waals surface area contributed by atoms with Crippen LogP contribution >= 0.6 is 0 Å². The largest absolute Gasteiger partial charge is 0.384 e. The topological polar surface area (TPSA) is 42.7 Å². The molecule has 2 heterocycles. The molecule has 0 amide bonds. The van der Waals surface area contributed by atoms with Crippen LogP contribution < -0.4 is 5.32 Å². The zero-order valence-electron chi connectivity index (χ0n) is 8.72. The molecule has 78 valence electrons.